The Hall–Kier alpha value is -6.78. The molecule has 4 heteroatoms. The zero-order chi connectivity index (χ0) is 50.4. The maximum absolute atomic E-state index is 2.74. The summed E-state index contributed by atoms with van der Waals surface area (Å²) in [5, 5.41) is 0. The molecule has 0 saturated heterocycles. The third-order valence-electron chi connectivity index (χ3n) is 17.5. The Balaban J connectivity index is 1.13. The largest absolute Gasteiger partial charge is 0.330 e. The van der Waals surface area contributed by atoms with Crippen LogP contribution in [0.5, 0.6) is 0 Å². The van der Waals surface area contributed by atoms with Crippen LogP contribution < -0.4 is 31.1 Å². The minimum atomic E-state index is -0.356. The van der Waals surface area contributed by atoms with E-state index in [0.29, 0.717) is 0 Å². The van der Waals surface area contributed by atoms with Crippen molar-refractivity contribution in [2.45, 2.75) is 130 Å². The fourth-order valence-electron chi connectivity index (χ4n) is 13.3. The Bertz CT molecular complexity index is 3490. The summed E-state index contributed by atoms with van der Waals surface area (Å²) >= 11 is 0. The van der Waals surface area contributed by atoms with Crippen molar-refractivity contribution >= 4 is 68.6 Å². The van der Waals surface area contributed by atoms with E-state index < -0.39 is 0 Å². The molecule has 0 saturated carbocycles. The van der Waals surface area contributed by atoms with Gasteiger partial charge in [-0.3, -0.25) is 0 Å². The standard InChI is InChI=1S/C68H70BN3/c1-43-37-61-63-62(38-43)71(57-34-27-49(39-44(57)2)65(6,7)8)59-41-50(66(9,10)11)26-31-55(59)69(63)56-32-30-52(42-60(56)70(61)51-28-24-48(25-29-51)64(3,4)5)72-58-33-23-47(45-19-15-14-16-20-45)40-54(58)67(12)36-35-46-21-17-18-22-53(46)68(67,72)13/h14-34,37-42H,35-36H2,1-13H3. The quantitative estimate of drug-likeness (QED) is 0.163. The third-order valence-corrected chi connectivity index (χ3v) is 17.5. The molecule has 4 aliphatic rings. The van der Waals surface area contributed by atoms with Gasteiger partial charge in [0, 0.05) is 50.9 Å². The molecule has 360 valence electrons. The van der Waals surface area contributed by atoms with Crippen LogP contribution >= 0.6 is 0 Å². The van der Waals surface area contributed by atoms with Crippen molar-refractivity contribution in [1.29, 1.82) is 0 Å². The lowest BCUT2D eigenvalue weighted by atomic mass is 9.33. The second-order valence-electron chi connectivity index (χ2n) is 25.1. The van der Waals surface area contributed by atoms with Crippen LogP contribution in [0.2, 0.25) is 0 Å². The second-order valence-corrected chi connectivity index (χ2v) is 25.1. The number of hydrogen-bond donors (Lipinski definition) is 0. The SMILES string of the molecule is Cc1cc2c3c(c1)N(c1ccc(C(C)(C)C)cc1C)c1cc(C(C)(C)C)ccc1B3c1ccc(N3c4ccc(-c5ccccc5)cc4C4(C)CCc5ccccc5C34C)cc1N2c1ccc(C(C)(C)C)cc1. The van der Waals surface area contributed by atoms with Gasteiger partial charge >= 0.3 is 0 Å². The molecule has 2 atom stereocenters. The van der Waals surface area contributed by atoms with E-state index in [9.17, 15) is 0 Å². The summed E-state index contributed by atoms with van der Waals surface area (Å²) in [6.45, 7) is 30.6. The van der Waals surface area contributed by atoms with Gasteiger partial charge in [0.05, 0.1) is 5.54 Å². The monoisotopic (exact) mass is 940 g/mol. The minimum Gasteiger partial charge on any atom is -0.330 e. The zero-order valence-electron chi connectivity index (χ0n) is 44.9. The molecule has 3 nitrogen and oxygen atoms in total. The first-order chi connectivity index (χ1) is 34.2. The molecule has 0 spiro atoms. The van der Waals surface area contributed by atoms with E-state index in [1.807, 2.05) is 0 Å². The van der Waals surface area contributed by atoms with Gasteiger partial charge in [-0.1, -0.05) is 172 Å². The fourth-order valence-corrected chi connectivity index (χ4v) is 13.3. The molecule has 0 bridgehead atoms. The van der Waals surface area contributed by atoms with Crippen molar-refractivity contribution in [3.63, 3.8) is 0 Å². The molecule has 3 aliphatic heterocycles. The molecule has 12 rings (SSSR count). The minimum absolute atomic E-state index is 0.00900. The molecular weight excluding hydrogens is 870 g/mol. The summed E-state index contributed by atoms with van der Waals surface area (Å²) in [5.41, 5.74) is 26.9. The van der Waals surface area contributed by atoms with E-state index in [-0.39, 0.29) is 33.9 Å². The molecule has 0 amide bonds. The summed E-state index contributed by atoms with van der Waals surface area (Å²) in [7, 11) is 0. The highest BCUT2D eigenvalue weighted by Gasteiger charge is 2.60. The van der Waals surface area contributed by atoms with Crippen molar-refractivity contribution < 1.29 is 0 Å². The van der Waals surface area contributed by atoms with Crippen LogP contribution in [0.3, 0.4) is 0 Å². The first kappa shape index (κ1) is 46.3. The molecule has 0 radical (unpaired) electrons. The van der Waals surface area contributed by atoms with Crippen LogP contribution in [0.15, 0.2) is 164 Å². The molecule has 8 aromatic carbocycles. The first-order valence-electron chi connectivity index (χ1n) is 26.5. The number of anilines is 8. The van der Waals surface area contributed by atoms with Gasteiger partial charge in [0.2, 0.25) is 0 Å². The molecule has 72 heavy (non-hydrogen) atoms. The van der Waals surface area contributed by atoms with E-state index in [1.165, 1.54) is 118 Å². The highest BCUT2D eigenvalue weighted by molar-refractivity contribution is 7.00. The predicted molar refractivity (Wildman–Crippen MR) is 310 cm³/mol. The Labute approximate surface area is 430 Å². The van der Waals surface area contributed by atoms with Crippen molar-refractivity contribution in [2.24, 2.45) is 0 Å². The lowest BCUT2D eigenvalue weighted by Crippen LogP contribution is -2.61. The van der Waals surface area contributed by atoms with Gasteiger partial charge in [0.15, 0.2) is 0 Å². The Morgan fingerprint density at radius 3 is 1.69 bits per heavy atom. The van der Waals surface area contributed by atoms with Gasteiger partial charge in [-0.25, -0.2) is 0 Å². The molecule has 0 fully saturated rings. The van der Waals surface area contributed by atoms with Crippen LogP contribution in [0.25, 0.3) is 11.1 Å². The number of nitrogens with zero attached hydrogens (tertiary/aromatic N) is 3. The topological polar surface area (TPSA) is 9.72 Å². The maximum atomic E-state index is 2.74. The Morgan fingerprint density at radius 1 is 0.444 bits per heavy atom. The zero-order valence-corrected chi connectivity index (χ0v) is 44.9. The van der Waals surface area contributed by atoms with E-state index in [0.717, 1.165) is 12.8 Å². The first-order valence-corrected chi connectivity index (χ1v) is 26.5. The van der Waals surface area contributed by atoms with Crippen LogP contribution in [-0.2, 0) is 33.6 Å². The third kappa shape index (κ3) is 6.84. The number of benzene rings is 8. The van der Waals surface area contributed by atoms with Crippen LogP contribution in [0.1, 0.15) is 127 Å². The molecular formula is C68H70BN3. The summed E-state index contributed by atoms with van der Waals surface area (Å²) in [5.74, 6) is 0. The van der Waals surface area contributed by atoms with Gasteiger partial charge in [0.25, 0.3) is 6.71 Å². The summed E-state index contributed by atoms with van der Waals surface area (Å²) in [6, 6.07) is 64.0. The van der Waals surface area contributed by atoms with Crippen LogP contribution in [-0.4, -0.2) is 6.71 Å². The predicted octanol–water partition coefficient (Wildman–Crippen LogP) is 16.2. The van der Waals surface area contributed by atoms with Crippen molar-refractivity contribution in [3.8, 4) is 11.1 Å². The number of fused-ring (bicyclic) bond motifs is 9. The number of hydrogen-bond acceptors (Lipinski definition) is 3. The lowest BCUT2D eigenvalue weighted by Gasteiger charge is -2.51. The van der Waals surface area contributed by atoms with Crippen molar-refractivity contribution in [2.75, 3.05) is 14.7 Å². The van der Waals surface area contributed by atoms with Gasteiger partial charge in [-0.15, -0.1) is 0 Å². The molecule has 0 N–H and O–H groups in total. The van der Waals surface area contributed by atoms with E-state index in [2.05, 4.69) is 269 Å². The van der Waals surface area contributed by atoms with Crippen molar-refractivity contribution in [3.05, 3.63) is 208 Å². The molecule has 1 aliphatic carbocycles. The van der Waals surface area contributed by atoms with Crippen LogP contribution in [0.4, 0.5) is 45.5 Å². The normalized spacial score (nSPS) is 18.8. The highest BCUT2D eigenvalue weighted by atomic mass is 15.3. The van der Waals surface area contributed by atoms with Gasteiger partial charge in [0.1, 0.15) is 0 Å². The smallest absolute Gasteiger partial charge is 0.252 e. The van der Waals surface area contributed by atoms with Gasteiger partial charge in [-0.2, -0.15) is 0 Å². The van der Waals surface area contributed by atoms with E-state index in [1.54, 1.807) is 0 Å². The van der Waals surface area contributed by atoms with Gasteiger partial charge in [-0.05, 0) is 183 Å². The van der Waals surface area contributed by atoms with E-state index >= 15 is 0 Å². The second kappa shape index (κ2) is 15.9. The lowest BCUT2D eigenvalue weighted by molar-refractivity contribution is 0.245. The maximum Gasteiger partial charge on any atom is 0.252 e. The van der Waals surface area contributed by atoms with Crippen LogP contribution in [0, 0.1) is 13.8 Å². The Kier molecular flexibility index (Phi) is 10.2. The average Bonchev–Trinajstić information content (AvgIpc) is 3.56. The summed E-state index contributed by atoms with van der Waals surface area (Å²) in [4.78, 5) is 7.97. The summed E-state index contributed by atoms with van der Waals surface area (Å²) < 4.78 is 0. The molecule has 8 aromatic rings. The fraction of sp³-hybridized carbons (Fsp3) is 0.294. The highest BCUT2D eigenvalue weighted by Crippen LogP contribution is 2.64. The molecule has 0 aromatic heterocycles. The Morgan fingerprint density at radius 2 is 1.01 bits per heavy atom. The number of aryl methyl sites for hydroxylation is 3. The van der Waals surface area contributed by atoms with E-state index in [4.69, 9.17) is 0 Å². The summed E-state index contributed by atoms with van der Waals surface area (Å²) in [6.07, 6.45) is 2.13. The molecule has 2 unspecified atom stereocenters. The van der Waals surface area contributed by atoms with Crippen molar-refractivity contribution in [1.82, 2.24) is 0 Å². The number of rotatable bonds is 4. The molecule has 3 heterocycles. The van der Waals surface area contributed by atoms with Gasteiger partial charge < -0.3 is 14.7 Å². The average molecular weight is 940 g/mol.